The van der Waals surface area contributed by atoms with Crippen LogP contribution in [0.2, 0.25) is 5.02 Å². The Balaban J connectivity index is 1.38. The molecule has 0 spiro atoms. The Hall–Kier alpha value is -2.29. The van der Waals surface area contributed by atoms with Gasteiger partial charge < -0.3 is 15.0 Å². The summed E-state index contributed by atoms with van der Waals surface area (Å²) in [5.41, 5.74) is 1.41. The van der Waals surface area contributed by atoms with Crippen molar-refractivity contribution < 1.29 is 9.13 Å². The van der Waals surface area contributed by atoms with Crippen LogP contribution in [0, 0.1) is 11.7 Å². The minimum absolute atomic E-state index is 0.0982. The van der Waals surface area contributed by atoms with Gasteiger partial charge in [-0.15, -0.1) is 0 Å². The molecule has 9 heteroatoms. The molecule has 2 aliphatic rings. The van der Waals surface area contributed by atoms with Crippen LogP contribution in [0.25, 0.3) is 22.4 Å². The number of hydrogen-bond acceptors (Lipinski definition) is 6. The van der Waals surface area contributed by atoms with E-state index in [-0.39, 0.29) is 18.1 Å². The third kappa shape index (κ3) is 3.11. The molecule has 2 aliphatic heterocycles. The molecule has 5 rings (SSSR count). The largest absolute Gasteiger partial charge is 0.363 e. The monoisotopic (exact) mass is 401 g/mol. The number of nitrogens with zero attached hydrogens (tertiary/aromatic N) is 4. The van der Waals surface area contributed by atoms with Crippen molar-refractivity contribution in [1.29, 1.82) is 0 Å². The third-order valence-corrected chi connectivity index (χ3v) is 5.47. The first-order valence-electron chi connectivity index (χ1n) is 9.18. The molecular weight excluding hydrogens is 383 g/mol. The van der Waals surface area contributed by atoms with Gasteiger partial charge in [0.25, 0.3) is 0 Å². The van der Waals surface area contributed by atoms with Crippen LogP contribution >= 0.6 is 11.6 Å². The van der Waals surface area contributed by atoms with Crippen LogP contribution in [0.3, 0.4) is 0 Å². The number of nitrogens with one attached hydrogen (secondary N) is 2. The number of aromatic nitrogens is 4. The van der Waals surface area contributed by atoms with Crippen molar-refractivity contribution in [2.45, 2.75) is 25.6 Å². The van der Waals surface area contributed by atoms with Crippen LogP contribution in [-0.2, 0) is 4.74 Å². The van der Waals surface area contributed by atoms with Crippen LogP contribution < -0.4 is 5.32 Å². The molecule has 1 unspecified atom stereocenters. The molecule has 0 aromatic carbocycles. The second kappa shape index (κ2) is 6.95. The van der Waals surface area contributed by atoms with E-state index in [1.165, 1.54) is 12.1 Å². The number of fused-ring (bicyclic) bond motifs is 1. The molecular formula is C19H19ClFN6O. The van der Waals surface area contributed by atoms with Crippen LogP contribution in [0.5, 0.6) is 0 Å². The fourth-order valence-corrected chi connectivity index (χ4v) is 3.97. The Morgan fingerprint density at radius 1 is 1.36 bits per heavy atom. The number of H-pyrrole nitrogens is 1. The third-order valence-electron chi connectivity index (χ3n) is 5.27. The first-order valence-corrected chi connectivity index (χ1v) is 9.56. The van der Waals surface area contributed by atoms with Crippen LogP contribution in [0.1, 0.15) is 13.3 Å². The van der Waals surface area contributed by atoms with Crippen LogP contribution in [0.15, 0.2) is 24.7 Å². The maximum Gasteiger partial charge on any atom is 0.183 e. The topological polar surface area (TPSA) is 79.0 Å². The highest BCUT2D eigenvalue weighted by Gasteiger charge is 2.38. The molecule has 2 N–H and O–H groups in total. The normalized spacial score (nSPS) is 23.2. The van der Waals surface area contributed by atoms with Gasteiger partial charge in [0.15, 0.2) is 17.5 Å². The average molecular weight is 402 g/mol. The zero-order chi connectivity index (χ0) is 19.3. The molecule has 0 saturated carbocycles. The number of anilines is 1. The lowest BCUT2D eigenvalue weighted by atomic mass is 10.1. The average Bonchev–Trinajstić information content (AvgIpc) is 3.29. The number of ether oxygens (including phenoxy) is 1. The van der Waals surface area contributed by atoms with E-state index in [9.17, 15) is 4.39 Å². The predicted octanol–water partition coefficient (Wildman–Crippen LogP) is 3.25. The number of likely N-dealkylation sites (tertiary alicyclic amines) is 1. The molecule has 1 radical (unpaired) electrons. The standard InChI is InChI=1S/C19H19ClFN6O/c1-10-9-28-19(10)27-3-2-12(8-27)25-18-15(21)7-24-17(26-18)14-6-23-16-13(14)4-11(20)5-22-16/h4-7,12,19H,2-3,8-9H2,1H3,(H,22,23)(H,24,25,26)/t12-,19?/m0/s1. The maximum absolute atomic E-state index is 14.4. The van der Waals surface area contributed by atoms with Gasteiger partial charge in [-0.05, 0) is 12.5 Å². The number of halogens is 2. The van der Waals surface area contributed by atoms with Gasteiger partial charge in [0.1, 0.15) is 11.9 Å². The van der Waals surface area contributed by atoms with Crippen molar-refractivity contribution in [1.82, 2.24) is 24.8 Å². The van der Waals surface area contributed by atoms with Gasteiger partial charge in [-0.3, -0.25) is 4.90 Å². The molecule has 7 nitrogen and oxygen atoms in total. The second-order valence-electron chi connectivity index (χ2n) is 7.28. The van der Waals surface area contributed by atoms with Gasteiger partial charge in [0, 0.05) is 48.4 Å². The van der Waals surface area contributed by atoms with E-state index < -0.39 is 5.82 Å². The minimum Gasteiger partial charge on any atom is -0.363 e. The summed E-state index contributed by atoms with van der Waals surface area (Å²) in [5.74, 6) is 1.49. The van der Waals surface area contributed by atoms with Crippen molar-refractivity contribution in [2.24, 2.45) is 0 Å². The summed E-state index contributed by atoms with van der Waals surface area (Å²) in [7, 11) is 0. The summed E-state index contributed by atoms with van der Waals surface area (Å²) in [6.45, 7) is 4.53. The number of rotatable bonds is 4. The molecule has 3 aromatic rings. The van der Waals surface area contributed by atoms with Crippen LogP contribution in [-0.4, -0.2) is 56.8 Å². The van der Waals surface area contributed by atoms with Gasteiger partial charge in [0.2, 0.25) is 0 Å². The molecule has 28 heavy (non-hydrogen) atoms. The molecule has 0 aliphatic carbocycles. The molecule has 3 aromatic heterocycles. The van der Waals surface area contributed by atoms with E-state index in [2.05, 4.69) is 37.1 Å². The summed E-state index contributed by atoms with van der Waals surface area (Å²) in [5, 5.41) is 4.55. The van der Waals surface area contributed by atoms with Crippen molar-refractivity contribution >= 4 is 28.5 Å². The summed E-state index contributed by atoms with van der Waals surface area (Å²) in [6, 6.07) is 1.90. The van der Waals surface area contributed by atoms with Crippen molar-refractivity contribution in [2.75, 3.05) is 25.0 Å². The van der Waals surface area contributed by atoms with Gasteiger partial charge in [0.05, 0.1) is 17.8 Å². The van der Waals surface area contributed by atoms with Gasteiger partial charge in [-0.2, -0.15) is 0 Å². The second-order valence-corrected chi connectivity index (χ2v) is 7.71. The van der Waals surface area contributed by atoms with E-state index in [0.29, 0.717) is 16.5 Å². The summed E-state index contributed by atoms with van der Waals surface area (Å²) in [6.07, 6.45) is 5.52. The lowest BCUT2D eigenvalue weighted by Gasteiger charge is -2.40. The fraction of sp³-hybridized carbons (Fsp3) is 0.368. The first-order chi connectivity index (χ1) is 13.6. The Labute approximate surface area is 166 Å². The van der Waals surface area contributed by atoms with Crippen molar-refractivity contribution in [3.05, 3.63) is 41.4 Å². The lowest BCUT2D eigenvalue weighted by Crippen LogP contribution is -2.49. The zero-order valence-corrected chi connectivity index (χ0v) is 16.0. The van der Waals surface area contributed by atoms with E-state index in [1.54, 1.807) is 18.5 Å². The smallest absolute Gasteiger partial charge is 0.183 e. The van der Waals surface area contributed by atoms with Gasteiger partial charge >= 0.3 is 0 Å². The molecule has 5 heterocycles. The fourth-order valence-electron chi connectivity index (χ4n) is 3.81. The molecule has 2 saturated heterocycles. The number of hydrogen-bond donors (Lipinski definition) is 2. The summed E-state index contributed by atoms with van der Waals surface area (Å²) < 4.78 is 20.0. The van der Waals surface area contributed by atoms with Gasteiger partial charge in [-0.25, -0.2) is 19.3 Å². The Kier molecular flexibility index (Phi) is 4.41. The van der Waals surface area contributed by atoms with E-state index in [1.807, 2.05) is 0 Å². The Morgan fingerprint density at radius 2 is 2.25 bits per heavy atom. The van der Waals surface area contributed by atoms with Crippen molar-refractivity contribution in [3.8, 4) is 11.4 Å². The number of aromatic amines is 1. The van der Waals surface area contributed by atoms with E-state index in [4.69, 9.17) is 16.3 Å². The molecule has 2 fully saturated rings. The minimum atomic E-state index is -0.471. The van der Waals surface area contributed by atoms with Gasteiger partial charge in [-0.1, -0.05) is 18.5 Å². The summed E-state index contributed by atoms with van der Waals surface area (Å²) in [4.78, 5) is 18.2. The maximum atomic E-state index is 14.4. The van der Waals surface area contributed by atoms with Crippen molar-refractivity contribution in [3.63, 3.8) is 0 Å². The molecule has 0 bridgehead atoms. The molecule has 2 atom stereocenters. The van der Waals surface area contributed by atoms with Crippen LogP contribution in [0.4, 0.5) is 10.2 Å². The quantitative estimate of drug-likeness (QED) is 0.698. The lowest BCUT2D eigenvalue weighted by molar-refractivity contribution is -0.109. The molecule has 0 amide bonds. The highest BCUT2D eigenvalue weighted by molar-refractivity contribution is 6.31. The molecule has 145 valence electrons. The van der Waals surface area contributed by atoms with E-state index >= 15 is 0 Å². The summed E-state index contributed by atoms with van der Waals surface area (Å²) >= 11 is 6.06. The Bertz CT molecular complexity index is 1030. The highest BCUT2D eigenvalue weighted by Crippen LogP contribution is 2.31. The first kappa shape index (κ1) is 17.8. The highest BCUT2D eigenvalue weighted by atomic mass is 35.5. The predicted molar refractivity (Wildman–Crippen MR) is 104 cm³/mol. The van der Waals surface area contributed by atoms with E-state index in [0.717, 1.165) is 37.1 Å². The zero-order valence-electron chi connectivity index (χ0n) is 15.2. The number of pyridine rings is 1. The Morgan fingerprint density at radius 3 is 3.04 bits per heavy atom. The SMILES string of the molecule is C[C]1COC1N1CC[C@H](Nc2nc(-c3c[nH]c4ncc(Cl)cc34)ncc2F)C1.